The van der Waals surface area contributed by atoms with Crippen molar-refractivity contribution < 1.29 is 4.74 Å². The van der Waals surface area contributed by atoms with E-state index in [1.807, 2.05) is 13.1 Å². The molecule has 0 spiro atoms. The standard InChI is InChI=1S/C11H17N3OS/c1-12-10(9-3-5-15-6-9)7-16-11-2-4-13-8-14-11/h2,4,8-10,12H,3,5-7H2,1H3. The summed E-state index contributed by atoms with van der Waals surface area (Å²) < 4.78 is 5.42. The van der Waals surface area contributed by atoms with Gasteiger partial charge in [-0.05, 0) is 19.5 Å². The monoisotopic (exact) mass is 239 g/mol. The number of aromatic nitrogens is 2. The highest BCUT2D eigenvalue weighted by Crippen LogP contribution is 2.22. The number of rotatable bonds is 5. The van der Waals surface area contributed by atoms with Gasteiger partial charge in [-0.15, -0.1) is 11.8 Å². The first-order valence-corrected chi connectivity index (χ1v) is 6.52. The molecular formula is C11H17N3OS. The lowest BCUT2D eigenvalue weighted by Gasteiger charge is -2.20. The van der Waals surface area contributed by atoms with Gasteiger partial charge in [0, 0.05) is 30.5 Å². The van der Waals surface area contributed by atoms with E-state index in [4.69, 9.17) is 4.74 Å². The van der Waals surface area contributed by atoms with Crippen molar-refractivity contribution in [3.8, 4) is 0 Å². The van der Waals surface area contributed by atoms with Gasteiger partial charge < -0.3 is 10.1 Å². The van der Waals surface area contributed by atoms with Gasteiger partial charge in [0.1, 0.15) is 6.33 Å². The van der Waals surface area contributed by atoms with Gasteiger partial charge in [-0.3, -0.25) is 0 Å². The summed E-state index contributed by atoms with van der Waals surface area (Å²) in [5.74, 6) is 1.67. The molecule has 1 aliphatic heterocycles. The van der Waals surface area contributed by atoms with E-state index in [1.165, 1.54) is 0 Å². The molecule has 5 heteroatoms. The first-order chi connectivity index (χ1) is 7.90. The zero-order chi connectivity index (χ0) is 11.2. The number of nitrogens with one attached hydrogen (secondary N) is 1. The van der Waals surface area contributed by atoms with E-state index in [1.54, 1.807) is 24.3 Å². The van der Waals surface area contributed by atoms with E-state index in [0.717, 1.165) is 30.4 Å². The fourth-order valence-electron chi connectivity index (χ4n) is 1.86. The third-order valence-corrected chi connectivity index (χ3v) is 3.93. The first-order valence-electron chi connectivity index (χ1n) is 5.54. The van der Waals surface area contributed by atoms with Crippen LogP contribution in [-0.4, -0.2) is 42.0 Å². The van der Waals surface area contributed by atoms with E-state index in [-0.39, 0.29) is 0 Å². The van der Waals surface area contributed by atoms with E-state index < -0.39 is 0 Å². The molecule has 0 radical (unpaired) electrons. The van der Waals surface area contributed by atoms with Crippen molar-refractivity contribution in [2.75, 3.05) is 26.0 Å². The Balaban J connectivity index is 1.83. The normalized spacial score (nSPS) is 22.2. The first kappa shape index (κ1) is 11.8. The van der Waals surface area contributed by atoms with Crippen LogP contribution in [0.4, 0.5) is 0 Å². The molecule has 2 unspecified atom stereocenters. The molecule has 0 saturated carbocycles. The number of ether oxygens (including phenoxy) is 1. The Hall–Kier alpha value is -0.650. The van der Waals surface area contributed by atoms with Crippen LogP contribution in [0.5, 0.6) is 0 Å². The van der Waals surface area contributed by atoms with Crippen molar-refractivity contribution in [2.24, 2.45) is 5.92 Å². The second-order valence-electron chi connectivity index (χ2n) is 3.88. The van der Waals surface area contributed by atoms with Gasteiger partial charge in [-0.2, -0.15) is 0 Å². The fraction of sp³-hybridized carbons (Fsp3) is 0.636. The summed E-state index contributed by atoms with van der Waals surface area (Å²) in [5.41, 5.74) is 0. The maximum atomic E-state index is 5.42. The van der Waals surface area contributed by atoms with Gasteiger partial charge in [0.25, 0.3) is 0 Å². The van der Waals surface area contributed by atoms with Crippen LogP contribution in [0.2, 0.25) is 0 Å². The summed E-state index contributed by atoms with van der Waals surface area (Å²) in [6.07, 6.45) is 4.54. The molecule has 0 amide bonds. The second kappa shape index (κ2) is 6.18. The maximum Gasteiger partial charge on any atom is 0.116 e. The largest absolute Gasteiger partial charge is 0.381 e. The van der Waals surface area contributed by atoms with E-state index in [9.17, 15) is 0 Å². The molecule has 0 aromatic carbocycles. The minimum Gasteiger partial charge on any atom is -0.381 e. The van der Waals surface area contributed by atoms with Crippen LogP contribution in [0.25, 0.3) is 0 Å². The Morgan fingerprint density at radius 3 is 3.25 bits per heavy atom. The lowest BCUT2D eigenvalue weighted by atomic mass is 10.0. The minimum absolute atomic E-state index is 0.502. The molecular weight excluding hydrogens is 222 g/mol. The molecule has 2 atom stereocenters. The molecule has 1 aromatic heterocycles. The zero-order valence-electron chi connectivity index (χ0n) is 9.43. The fourth-order valence-corrected chi connectivity index (χ4v) is 2.93. The maximum absolute atomic E-state index is 5.42. The molecule has 0 aliphatic carbocycles. The predicted octanol–water partition coefficient (Wildman–Crippen LogP) is 1.19. The molecule has 16 heavy (non-hydrogen) atoms. The van der Waals surface area contributed by atoms with Crippen LogP contribution in [0.1, 0.15) is 6.42 Å². The van der Waals surface area contributed by atoms with E-state index in [2.05, 4.69) is 15.3 Å². The second-order valence-corrected chi connectivity index (χ2v) is 4.92. The molecule has 88 valence electrons. The zero-order valence-corrected chi connectivity index (χ0v) is 10.2. The van der Waals surface area contributed by atoms with Gasteiger partial charge in [-0.1, -0.05) is 0 Å². The van der Waals surface area contributed by atoms with Crippen molar-refractivity contribution in [1.82, 2.24) is 15.3 Å². The number of nitrogens with zero attached hydrogens (tertiary/aromatic N) is 2. The molecule has 0 bridgehead atoms. The summed E-state index contributed by atoms with van der Waals surface area (Å²) >= 11 is 1.77. The summed E-state index contributed by atoms with van der Waals surface area (Å²) in [6, 6.07) is 2.45. The Morgan fingerprint density at radius 1 is 1.69 bits per heavy atom. The van der Waals surface area contributed by atoms with Crippen molar-refractivity contribution in [1.29, 1.82) is 0 Å². The molecule has 2 rings (SSSR count). The molecule has 1 fully saturated rings. The van der Waals surface area contributed by atoms with Gasteiger partial charge in [-0.25, -0.2) is 9.97 Å². The highest BCUT2D eigenvalue weighted by Gasteiger charge is 2.24. The SMILES string of the molecule is CNC(CSc1ccncn1)C1CCOC1. The van der Waals surface area contributed by atoms with Crippen LogP contribution >= 0.6 is 11.8 Å². The summed E-state index contributed by atoms with van der Waals surface area (Å²) in [5, 5.41) is 4.41. The van der Waals surface area contributed by atoms with Gasteiger partial charge in [0.15, 0.2) is 0 Å². The summed E-state index contributed by atoms with van der Waals surface area (Å²) in [4.78, 5) is 8.11. The Bertz CT molecular complexity index is 303. The van der Waals surface area contributed by atoms with E-state index >= 15 is 0 Å². The predicted molar refractivity (Wildman–Crippen MR) is 64.5 cm³/mol. The lowest BCUT2D eigenvalue weighted by molar-refractivity contribution is 0.180. The van der Waals surface area contributed by atoms with Crippen LogP contribution < -0.4 is 5.32 Å². The summed E-state index contributed by atoms with van der Waals surface area (Å²) in [6.45, 7) is 1.79. The van der Waals surface area contributed by atoms with Crippen LogP contribution in [0.3, 0.4) is 0 Å². The third kappa shape index (κ3) is 3.17. The molecule has 1 aromatic rings. The highest BCUT2D eigenvalue weighted by atomic mass is 32.2. The molecule has 1 saturated heterocycles. The molecule has 1 aliphatic rings. The smallest absolute Gasteiger partial charge is 0.116 e. The van der Waals surface area contributed by atoms with Crippen LogP contribution in [0.15, 0.2) is 23.6 Å². The number of hydrogen-bond donors (Lipinski definition) is 1. The Labute approximate surface area is 100 Å². The van der Waals surface area contributed by atoms with Gasteiger partial charge in [0.05, 0.1) is 11.6 Å². The topological polar surface area (TPSA) is 47.0 Å². The number of hydrogen-bond acceptors (Lipinski definition) is 5. The molecule has 4 nitrogen and oxygen atoms in total. The average Bonchev–Trinajstić information content (AvgIpc) is 2.85. The number of thioether (sulfide) groups is 1. The van der Waals surface area contributed by atoms with Crippen molar-refractivity contribution >= 4 is 11.8 Å². The Morgan fingerprint density at radius 2 is 2.62 bits per heavy atom. The third-order valence-electron chi connectivity index (χ3n) is 2.87. The van der Waals surface area contributed by atoms with Gasteiger partial charge in [0.2, 0.25) is 0 Å². The Kier molecular flexibility index (Phi) is 4.56. The van der Waals surface area contributed by atoms with Crippen molar-refractivity contribution in [3.63, 3.8) is 0 Å². The molecule has 2 heterocycles. The minimum atomic E-state index is 0.502. The van der Waals surface area contributed by atoms with E-state index in [0.29, 0.717) is 12.0 Å². The van der Waals surface area contributed by atoms with Crippen LogP contribution in [0, 0.1) is 5.92 Å². The molecule has 1 N–H and O–H groups in total. The van der Waals surface area contributed by atoms with Crippen LogP contribution in [-0.2, 0) is 4.74 Å². The van der Waals surface area contributed by atoms with Gasteiger partial charge >= 0.3 is 0 Å². The van der Waals surface area contributed by atoms with Crippen molar-refractivity contribution in [2.45, 2.75) is 17.5 Å². The highest BCUT2D eigenvalue weighted by molar-refractivity contribution is 7.99. The quantitative estimate of drug-likeness (QED) is 0.618. The van der Waals surface area contributed by atoms with Crippen molar-refractivity contribution in [3.05, 3.63) is 18.6 Å². The lowest BCUT2D eigenvalue weighted by Crippen LogP contribution is -2.36. The average molecular weight is 239 g/mol. The summed E-state index contributed by atoms with van der Waals surface area (Å²) in [7, 11) is 2.02.